The van der Waals surface area contributed by atoms with Gasteiger partial charge in [-0.25, -0.2) is 0 Å². The van der Waals surface area contributed by atoms with Crippen molar-refractivity contribution in [3.63, 3.8) is 0 Å². The van der Waals surface area contributed by atoms with E-state index < -0.39 is 0 Å². The van der Waals surface area contributed by atoms with Gasteiger partial charge in [0, 0.05) is 6.04 Å². The molecule has 0 radical (unpaired) electrons. The maximum Gasteiger partial charge on any atom is 0.0105 e. The summed E-state index contributed by atoms with van der Waals surface area (Å²) in [5, 5.41) is 3.20. The molecule has 0 saturated heterocycles. The predicted octanol–water partition coefficient (Wildman–Crippen LogP) is 1.46. The average Bonchev–Trinajstić information content (AvgIpc) is 1.98. The summed E-state index contributed by atoms with van der Waals surface area (Å²) in [7, 11) is 1.99. The van der Waals surface area contributed by atoms with Gasteiger partial charge in [-0.1, -0.05) is 27.7 Å². The Labute approximate surface area is 76.9 Å². The Morgan fingerprint density at radius 1 is 1.08 bits per heavy atom. The van der Waals surface area contributed by atoms with Gasteiger partial charge in [-0.2, -0.15) is 0 Å². The molecular weight excluding hydrogens is 148 g/mol. The molecule has 2 unspecified atom stereocenters. The summed E-state index contributed by atoms with van der Waals surface area (Å²) >= 11 is 0. The van der Waals surface area contributed by atoms with Crippen LogP contribution in [0.3, 0.4) is 0 Å². The van der Waals surface area contributed by atoms with Crippen molar-refractivity contribution in [2.45, 2.75) is 33.7 Å². The monoisotopic (exact) mass is 172 g/mol. The average molecular weight is 172 g/mol. The minimum absolute atomic E-state index is 0.317. The third kappa shape index (κ3) is 3.55. The van der Waals surface area contributed by atoms with Gasteiger partial charge < -0.3 is 11.1 Å². The Balaban J connectivity index is 4.09. The standard InChI is InChI=1S/C10H24N2/c1-7(2)9(6-12-5)10(11)8(3)4/h7-10,12H,6,11H2,1-5H3. The number of hydrogen-bond acceptors (Lipinski definition) is 2. The van der Waals surface area contributed by atoms with Crippen molar-refractivity contribution in [1.82, 2.24) is 5.32 Å². The van der Waals surface area contributed by atoms with Crippen LogP contribution < -0.4 is 11.1 Å². The van der Waals surface area contributed by atoms with E-state index in [4.69, 9.17) is 5.73 Å². The third-order valence-corrected chi connectivity index (χ3v) is 2.56. The first-order chi connectivity index (χ1) is 5.50. The molecule has 0 amide bonds. The number of rotatable bonds is 5. The fourth-order valence-electron chi connectivity index (χ4n) is 1.55. The maximum atomic E-state index is 6.11. The van der Waals surface area contributed by atoms with Crippen molar-refractivity contribution in [3.05, 3.63) is 0 Å². The minimum Gasteiger partial charge on any atom is -0.327 e. The highest BCUT2D eigenvalue weighted by Crippen LogP contribution is 2.18. The summed E-state index contributed by atoms with van der Waals surface area (Å²) in [6.07, 6.45) is 0. The highest BCUT2D eigenvalue weighted by molar-refractivity contribution is 4.79. The largest absolute Gasteiger partial charge is 0.327 e. The molecule has 0 spiro atoms. The van der Waals surface area contributed by atoms with E-state index in [1.54, 1.807) is 0 Å². The van der Waals surface area contributed by atoms with Crippen molar-refractivity contribution < 1.29 is 0 Å². The molecule has 2 atom stereocenters. The van der Waals surface area contributed by atoms with Crippen LogP contribution >= 0.6 is 0 Å². The summed E-state index contributed by atoms with van der Waals surface area (Å²) in [6, 6.07) is 0.317. The number of nitrogens with two attached hydrogens (primary N) is 1. The zero-order chi connectivity index (χ0) is 9.72. The van der Waals surface area contributed by atoms with Gasteiger partial charge in [-0.15, -0.1) is 0 Å². The van der Waals surface area contributed by atoms with Crippen molar-refractivity contribution >= 4 is 0 Å². The molecule has 12 heavy (non-hydrogen) atoms. The molecule has 0 fully saturated rings. The SMILES string of the molecule is CNCC(C(C)C)C(N)C(C)C. The lowest BCUT2D eigenvalue weighted by molar-refractivity contribution is 0.263. The van der Waals surface area contributed by atoms with E-state index in [1.165, 1.54) is 0 Å². The summed E-state index contributed by atoms with van der Waals surface area (Å²) < 4.78 is 0. The van der Waals surface area contributed by atoms with E-state index in [0.29, 0.717) is 23.8 Å². The summed E-state index contributed by atoms with van der Waals surface area (Å²) in [6.45, 7) is 9.89. The van der Waals surface area contributed by atoms with Crippen LogP contribution in [0, 0.1) is 17.8 Å². The molecule has 0 saturated carbocycles. The fraction of sp³-hybridized carbons (Fsp3) is 1.00. The van der Waals surface area contributed by atoms with Crippen molar-refractivity contribution in [2.24, 2.45) is 23.5 Å². The molecule has 0 aromatic heterocycles. The Hall–Kier alpha value is -0.0800. The van der Waals surface area contributed by atoms with Gasteiger partial charge in [-0.05, 0) is 31.3 Å². The first-order valence-corrected chi connectivity index (χ1v) is 4.90. The number of nitrogens with one attached hydrogen (secondary N) is 1. The highest BCUT2D eigenvalue weighted by Gasteiger charge is 2.22. The molecule has 0 aromatic rings. The Bertz CT molecular complexity index is 110. The van der Waals surface area contributed by atoms with Crippen molar-refractivity contribution in [3.8, 4) is 0 Å². The second-order valence-corrected chi connectivity index (χ2v) is 4.29. The summed E-state index contributed by atoms with van der Waals surface area (Å²) in [5.74, 6) is 1.83. The Kier molecular flexibility index (Phi) is 5.51. The molecule has 2 heteroatoms. The summed E-state index contributed by atoms with van der Waals surface area (Å²) in [4.78, 5) is 0. The van der Waals surface area contributed by atoms with Gasteiger partial charge in [0.05, 0.1) is 0 Å². The normalized spacial score (nSPS) is 17.0. The van der Waals surface area contributed by atoms with E-state index in [2.05, 4.69) is 33.0 Å². The molecule has 3 N–H and O–H groups in total. The molecular formula is C10H24N2. The lowest BCUT2D eigenvalue weighted by atomic mass is 9.83. The second kappa shape index (κ2) is 5.55. The smallest absolute Gasteiger partial charge is 0.0105 e. The zero-order valence-corrected chi connectivity index (χ0v) is 9.09. The predicted molar refractivity (Wildman–Crippen MR) is 55.1 cm³/mol. The first kappa shape index (κ1) is 11.9. The van der Waals surface area contributed by atoms with Gasteiger partial charge in [0.25, 0.3) is 0 Å². The van der Waals surface area contributed by atoms with Gasteiger partial charge in [0.1, 0.15) is 0 Å². The topological polar surface area (TPSA) is 38.0 Å². The molecule has 74 valence electrons. The Morgan fingerprint density at radius 3 is 1.83 bits per heavy atom. The van der Waals surface area contributed by atoms with Crippen LogP contribution in [0.2, 0.25) is 0 Å². The van der Waals surface area contributed by atoms with E-state index in [0.717, 1.165) is 6.54 Å². The molecule has 0 aliphatic carbocycles. The number of hydrogen-bond donors (Lipinski definition) is 2. The van der Waals surface area contributed by atoms with Gasteiger partial charge in [0.2, 0.25) is 0 Å². The zero-order valence-electron chi connectivity index (χ0n) is 9.09. The first-order valence-electron chi connectivity index (χ1n) is 4.90. The van der Waals surface area contributed by atoms with Crippen molar-refractivity contribution in [1.29, 1.82) is 0 Å². The molecule has 0 heterocycles. The summed E-state index contributed by atoms with van der Waals surface area (Å²) in [5.41, 5.74) is 6.11. The minimum atomic E-state index is 0.317. The molecule has 0 rings (SSSR count). The molecule has 0 aliphatic rings. The third-order valence-electron chi connectivity index (χ3n) is 2.56. The molecule has 0 bridgehead atoms. The maximum absolute atomic E-state index is 6.11. The van der Waals surface area contributed by atoms with Crippen LogP contribution in [0.4, 0.5) is 0 Å². The van der Waals surface area contributed by atoms with Crippen LogP contribution in [0.15, 0.2) is 0 Å². The van der Waals surface area contributed by atoms with Gasteiger partial charge in [0.15, 0.2) is 0 Å². The lowest BCUT2D eigenvalue weighted by Gasteiger charge is -2.29. The molecule has 0 aromatic carbocycles. The molecule has 0 aliphatic heterocycles. The van der Waals surface area contributed by atoms with Crippen molar-refractivity contribution in [2.75, 3.05) is 13.6 Å². The van der Waals surface area contributed by atoms with E-state index >= 15 is 0 Å². The van der Waals surface area contributed by atoms with Crippen LogP contribution in [-0.4, -0.2) is 19.6 Å². The van der Waals surface area contributed by atoms with Crippen LogP contribution in [0.25, 0.3) is 0 Å². The highest BCUT2D eigenvalue weighted by atomic mass is 14.8. The van der Waals surface area contributed by atoms with E-state index in [-0.39, 0.29) is 0 Å². The second-order valence-electron chi connectivity index (χ2n) is 4.29. The fourth-order valence-corrected chi connectivity index (χ4v) is 1.55. The lowest BCUT2D eigenvalue weighted by Crippen LogP contribution is -2.42. The van der Waals surface area contributed by atoms with Crippen LogP contribution in [0.5, 0.6) is 0 Å². The quantitative estimate of drug-likeness (QED) is 0.659. The molecule has 2 nitrogen and oxygen atoms in total. The van der Waals surface area contributed by atoms with Crippen LogP contribution in [0.1, 0.15) is 27.7 Å². The van der Waals surface area contributed by atoms with E-state index in [9.17, 15) is 0 Å². The van der Waals surface area contributed by atoms with Gasteiger partial charge in [-0.3, -0.25) is 0 Å². The Morgan fingerprint density at radius 2 is 1.58 bits per heavy atom. The van der Waals surface area contributed by atoms with Gasteiger partial charge >= 0.3 is 0 Å². The van der Waals surface area contributed by atoms with E-state index in [1.807, 2.05) is 7.05 Å². The van der Waals surface area contributed by atoms with Crippen LogP contribution in [-0.2, 0) is 0 Å².